The average molecular weight is 530 g/mol. The van der Waals surface area contributed by atoms with Crippen LogP contribution in [0.1, 0.15) is 53.1 Å². The van der Waals surface area contributed by atoms with Gasteiger partial charge in [0, 0.05) is 43.7 Å². The van der Waals surface area contributed by atoms with E-state index in [9.17, 15) is 9.59 Å². The highest BCUT2D eigenvalue weighted by molar-refractivity contribution is 5.97. The lowest BCUT2D eigenvalue weighted by atomic mass is 10.1. The summed E-state index contributed by atoms with van der Waals surface area (Å²) in [7, 11) is 2.07. The minimum Gasteiger partial charge on any atom is -0.340 e. The second-order valence-corrected chi connectivity index (χ2v) is 10.9. The molecule has 2 fully saturated rings. The molecule has 1 aliphatic heterocycles. The monoisotopic (exact) mass is 529 g/mol. The first kappa shape index (κ1) is 27.0. The van der Waals surface area contributed by atoms with Gasteiger partial charge in [0.15, 0.2) is 0 Å². The summed E-state index contributed by atoms with van der Waals surface area (Å²) in [5.74, 6) is 0.391. The third-order valence-electron chi connectivity index (χ3n) is 7.86. The Bertz CT molecular complexity index is 1220. The van der Waals surface area contributed by atoms with E-state index in [0.29, 0.717) is 37.0 Å². The van der Waals surface area contributed by atoms with E-state index in [-0.39, 0.29) is 11.8 Å². The number of aromatic nitrogens is 3. The van der Waals surface area contributed by atoms with E-state index in [1.807, 2.05) is 17.0 Å². The van der Waals surface area contributed by atoms with Gasteiger partial charge < -0.3 is 20.4 Å². The quantitative estimate of drug-likeness (QED) is 0.371. The average Bonchev–Trinajstić information content (AvgIpc) is 3.51. The maximum atomic E-state index is 13.4. The van der Waals surface area contributed by atoms with Crippen molar-refractivity contribution in [2.45, 2.75) is 50.6 Å². The first-order valence-corrected chi connectivity index (χ1v) is 14.0. The number of carbonyl (C=O) groups is 2. The Hall–Kier alpha value is -3.56. The van der Waals surface area contributed by atoms with Gasteiger partial charge in [0.1, 0.15) is 6.04 Å². The van der Waals surface area contributed by atoms with Crippen molar-refractivity contribution in [1.29, 1.82) is 0 Å². The molecule has 0 bridgehead atoms. The molecule has 0 spiro atoms. The molecule has 0 unspecified atom stereocenters. The van der Waals surface area contributed by atoms with Crippen LogP contribution < -0.4 is 10.6 Å². The number of hydrogen-bond acceptors (Lipinski definition) is 6. The van der Waals surface area contributed by atoms with E-state index in [1.165, 1.54) is 17.5 Å². The van der Waals surface area contributed by atoms with E-state index < -0.39 is 6.04 Å². The number of aryl methyl sites for hydroxylation is 1. The molecule has 206 valence electrons. The fraction of sp³-hybridized carbons (Fsp3) is 0.467. The van der Waals surface area contributed by atoms with Crippen LogP contribution in [0.3, 0.4) is 0 Å². The van der Waals surface area contributed by atoms with Gasteiger partial charge in [-0.15, -0.1) is 5.10 Å². The largest absolute Gasteiger partial charge is 0.340 e. The van der Waals surface area contributed by atoms with E-state index in [4.69, 9.17) is 0 Å². The zero-order chi connectivity index (χ0) is 27.2. The second-order valence-electron chi connectivity index (χ2n) is 10.9. The van der Waals surface area contributed by atoms with E-state index in [2.05, 4.69) is 64.1 Å². The highest BCUT2D eigenvalue weighted by Gasteiger charge is 2.37. The zero-order valence-corrected chi connectivity index (χ0v) is 22.9. The Morgan fingerprint density at radius 2 is 1.74 bits per heavy atom. The molecule has 1 aliphatic carbocycles. The third-order valence-corrected chi connectivity index (χ3v) is 7.86. The normalized spacial score (nSPS) is 20.0. The van der Waals surface area contributed by atoms with Crippen molar-refractivity contribution in [2.75, 3.05) is 39.8 Å². The van der Waals surface area contributed by atoms with Gasteiger partial charge >= 0.3 is 0 Å². The number of hydrogen-bond donors (Lipinski definition) is 2. The lowest BCUT2D eigenvalue weighted by Gasteiger charge is -2.34. The van der Waals surface area contributed by atoms with Crippen molar-refractivity contribution in [3.05, 3.63) is 77.6 Å². The van der Waals surface area contributed by atoms with Gasteiger partial charge in [0.25, 0.3) is 5.91 Å². The number of benzene rings is 2. The van der Waals surface area contributed by atoms with Crippen LogP contribution in [0.4, 0.5) is 0 Å². The standard InChI is InChI=1S/C30H39N7O2/c1-22-6-8-23(9-7-22)26-21-28(26)31-14-4-3-5-27(30(39)36-19-17-35(2)18-20-36)33-29(38)24-10-12-25(13-11-24)37-16-15-32-34-37/h6-13,15-16,26-28,31H,3-5,14,17-21H2,1-2H3,(H,33,38)/t26-,27-,28+/m0/s1. The van der Waals surface area contributed by atoms with Crippen LogP contribution in [-0.4, -0.2) is 88.5 Å². The van der Waals surface area contributed by atoms with Crippen molar-refractivity contribution >= 4 is 11.8 Å². The highest BCUT2D eigenvalue weighted by Crippen LogP contribution is 2.40. The van der Waals surface area contributed by atoms with Crippen molar-refractivity contribution in [3.63, 3.8) is 0 Å². The van der Waals surface area contributed by atoms with Crippen molar-refractivity contribution in [1.82, 2.24) is 35.4 Å². The molecule has 2 amide bonds. The minimum absolute atomic E-state index is 0.0188. The lowest BCUT2D eigenvalue weighted by molar-refractivity contribution is -0.135. The van der Waals surface area contributed by atoms with E-state index in [0.717, 1.165) is 38.2 Å². The van der Waals surface area contributed by atoms with E-state index >= 15 is 0 Å². The summed E-state index contributed by atoms with van der Waals surface area (Å²) in [5, 5.41) is 14.5. The number of carbonyl (C=O) groups excluding carboxylic acids is 2. The Morgan fingerprint density at radius 1 is 1.00 bits per heavy atom. The summed E-state index contributed by atoms with van der Waals surface area (Å²) in [6, 6.07) is 16.0. The summed E-state index contributed by atoms with van der Waals surface area (Å²) in [6.45, 7) is 6.12. The first-order chi connectivity index (χ1) is 19.0. The summed E-state index contributed by atoms with van der Waals surface area (Å²) in [5.41, 5.74) is 4.04. The fourth-order valence-corrected chi connectivity index (χ4v) is 5.22. The van der Waals surface area contributed by atoms with Gasteiger partial charge in [-0.05, 0) is 76.0 Å². The minimum atomic E-state index is -0.530. The molecule has 0 radical (unpaired) electrons. The molecular weight excluding hydrogens is 490 g/mol. The molecule has 2 N–H and O–H groups in total. The maximum absolute atomic E-state index is 13.4. The Kier molecular flexibility index (Phi) is 8.68. The molecule has 39 heavy (non-hydrogen) atoms. The molecule has 2 aromatic carbocycles. The number of nitrogens with one attached hydrogen (secondary N) is 2. The summed E-state index contributed by atoms with van der Waals surface area (Å²) < 4.78 is 1.64. The Balaban J connectivity index is 1.13. The molecule has 2 heterocycles. The van der Waals surface area contributed by atoms with Gasteiger partial charge in [-0.1, -0.05) is 35.0 Å². The number of nitrogens with zero attached hydrogens (tertiary/aromatic N) is 5. The van der Waals surface area contributed by atoms with Crippen LogP contribution in [0.25, 0.3) is 5.69 Å². The first-order valence-electron chi connectivity index (χ1n) is 14.0. The fourth-order valence-electron chi connectivity index (χ4n) is 5.22. The van der Waals surface area contributed by atoms with Crippen molar-refractivity contribution in [3.8, 4) is 5.69 Å². The maximum Gasteiger partial charge on any atom is 0.251 e. The molecule has 3 aromatic rings. The van der Waals surface area contributed by atoms with Crippen LogP contribution in [0.5, 0.6) is 0 Å². The van der Waals surface area contributed by atoms with Gasteiger partial charge in [-0.2, -0.15) is 0 Å². The SMILES string of the molecule is Cc1ccc([C@@H]2C[C@H]2NCCCC[C@H](NC(=O)c2ccc(-n3ccnn3)cc2)C(=O)N2CCN(C)CC2)cc1. The molecule has 1 saturated carbocycles. The van der Waals surface area contributed by atoms with Gasteiger partial charge in [-0.3, -0.25) is 9.59 Å². The molecule has 5 rings (SSSR count). The van der Waals surface area contributed by atoms with E-state index in [1.54, 1.807) is 29.2 Å². The molecule has 2 aliphatic rings. The van der Waals surface area contributed by atoms with Crippen LogP contribution in [0.15, 0.2) is 60.9 Å². The lowest BCUT2D eigenvalue weighted by Crippen LogP contribution is -2.54. The Morgan fingerprint density at radius 3 is 2.44 bits per heavy atom. The van der Waals surface area contributed by atoms with Crippen molar-refractivity contribution in [2.24, 2.45) is 0 Å². The summed E-state index contributed by atoms with van der Waals surface area (Å²) in [4.78, 5) is 30.7. The molecule has 9 nitrogen and oxygen atoms in total. The third kappa shape index (κ3) is 7.10. The Labute approximate surface area is 230 Å². The number of piperazine rings is 1. The summed E-state index contributed by atoms with van der Waals surface area (Å²) >= 11 is 0. The molecule has 1 aromatic heterocycles. The number of likely N-dealkylation sites (N-methyl/N-ethyl adjacent to an activating group) is 1. The number of unbranched alkanes of at least 4 members (excludes halogenated alkanes) is 1. The molecular formula is C30H39N7O2. The highest BCUT2D eigenvalue weighted by atomic mass is 16.2. The van der Waals surface area contributed by atoms with Crippen molar-refractivity contribution < 1.29 is 9.59 Å². The van der Waals surface area contributed by atoms with Gasteiger partial charge in [0.2, 0.25) is 5.91 Å². The molecule has 3 atom stereocenters. The number of rotatable bonds is 11. The summed E-state index contributed by atoms with van der Waals surface area (Å²) in [6.07, 6.45) is 7.00. The molecule has 1 saturated heterocycles. The topological polar surface area (TPSA) is 95.4 Å². The molecule has 9 heteroatoms. The van der Waals surface area contributed by atoms with Crippen LogP contribution in [0, 0.1) is 6.92 Å². The number of amides is 2. The smallest absolute Gasteiger partial charge is 0.251 e. The van der Waals surface area contributed by atoms with Crippen LogP contribution in [0.2, 0.25) is 0 Å². The predicted molar refractivity (Wildman–Crippen MR) is 151 cm³/mol. The zero-order valence-electron chi connectivity index (χ0n) is 22.9. The van der Waals surface area contributed by atoms with Crippen LogP contribution >= 0.6 is 0 Å². The van der Waals surface area contributed by atoms with Gasteiger partial charge in [-0.25, -0.2) is 4.68 Å². The predicted octanol–water partition coefficient (Wildman–Crippen LogP) is 2.76. The second kappa shape index (κ2) is 12.5. The van der Waals surface area contributed by atoms with Gasteiger partial charge in [0.05, 0.1) is 18.1 Å². The van der Waals surface area contributed by atoms with Crippen LogP contribution in [-0.2, 0) is 4.79 Å².